The Balaban J connectivity index is 2.20. The van der Waals surface area contributed by atoms with Crippen molar-refractivity contribution in [3.8, 4) is 0 Å². The summed E-state index contributed by atoms with van der Waals surface area (Å²) in [6, 6.07) is 13.8. The van der Waals surface area contributed by atoms with Gasteiger partial charge < -0.3 is 4.74 Å². The smallest absolute Gasteiger partial charge is 0.170 e. The lowest BCUT2D eigenvalue weighted by atomic mass is 9.99. The molecule has 2 rings (SSSR count). The van der Waals surface area contributed by atoms with Gasteiger partial charge in [0.1, 0.15) is 11.9 Å². The van der Waals surface area contributed by atoms with Gasteiger partial charge in [-0.25, -0.2) is 4.39 Å². The summed E-state index contributed by atoms with van der Waals surface area (Å²) in [6.07, 6.45) is -0.673. The monoisotopic (exact) mass is 336 g/mol. The number of carbonyl (C=O) groups excluding carboxylic acids is 1. The van der Waals surface area contributed by atoms with E-state index in [1.165, 1.54) is 13.2 Å². The first-order valence-electron chi connectivity index (χ1n) is 6.16. The topological polar surface area (TPSA) is 26.3 Å². The third kappa shape index (κ3) is 3.52. The average molecular weight is 337 g/mol. The highest BCUT2D eigenvalue weighted by Crippen LogP contribution is 2.22. The number of methoxy groups -OCH3 is 1. The minimum absolute atomic E-state index is 0.00132. The second kappa shape index (κ2) is 6.77. The van der Waals surface area contributed by atoms with E-state index >= 15 is 0 Å². The molecule has 0 radical (unpaired) electrons. The van der Waals surface area contributed by atoms with Crippen LogP contribution in [0.5, 0.6) is 0 Å². The Bertz CT molecular complexity index is 599. The molecule has 0 heterocycles. The lowest BCUT2D eigenvalue weighted by Crippen LogP contribution is -2.17. The molecule has 0 spiro atoms. The van der Waals surface area contributed by atoms with Gasteiger partial charge in [0.05, 0.1) is 0 Å². The van der Waals surface area contributed by atoms with E-state index in [2.05, 4.69) is 15.9 Å². The van der Waals surface area contributed by atoms with Crippen LogP contribution in [0.25, 0.3) is 0 Å². The molecule has 0 saturated heterocycles. The predicted molar refractivity (Wildman–Crippen MR) is 79.0 cm³/mol. The van der Waals surface area contributed by atoms with Crippen molar-refractivity contribution >= 4 is 21.7 Å². The van der Waals surface area contributed by atoms with Crippen LogP contribution < -0.4 is 0 Å². The van der Waals surface area contributed by atoms with Crippen LogP contribution in [0.4, 0.5) is 4.39 Å². The molecule has 0 aliphatic carbocycles. The highest BCUT2D eigenvalue weighted by atomic mass is 79.9. The maximum atomic E-state index is 13.7. The minimum Gasteiger partial charge on any atom is -0.369 e. The Morgan fingerprint density at radius 3 is 2.60 bits per heavy atom. The number of benzene rings is 2. The Morgan fingerprint density at radius 1 is 1.25 bits per heavy atom. The van der Waals surface area contributed by atoms with E-state index in [-0.39, 0.29) is 18.0 Å². The first-order valence-corrected chi connectivity index (χ1v) is 6.95. The van der Waals surface area contributed by atoms with E-state index < -0.39 is 6.10 Å². The summed E-state index contributed by atoms with van der Waals surface area (Å²) in [5.41, 5.74) is 1.14. The second-order valence-electron chi connectivity index (χ2n) is 4.41. The molecule has 104 valence electrons. The van der Waals surface area contributed by atoms with Gasteiger partial charge in [-0.3, -0.25) is 4.79 Å². The normalized spacial score (nSPS) is 12.2. The van der Waals surface area contributed by atoms with Gasteiger partial charge in [0, 0.05) is 18.0 Å². The van der Waals surface area contributed by atoms with Crippen molar-refractivity contribution in [3.63, 3.8) is 0 Å². The van der Waals surface area contributed by atoms with Crippen LogP contribution >= 0.6 is 15.9 Å². The molecule has 2 aromatic rings. The van der Waals surface area contributed by atoms with E-state index in [9.17, 15) is 9.18 Å². The van der Waals surface area contributed by atoms with Crippen molar-refractivity contribution in [2.75, 3.05) is 7.11 Å². The molecule has 0 aliphatic rings. The lowest BCUT2D eigenvalue weighted by molar-refractivity contribution is -0.128. The van der Waals surface area contributed by atoms with Crippen LogP contribution in [0.15, 0.2) is 53.0 Å². The fraction of sp³-hybridized carbons (Fsp3) is 0.188. The Kier molecular flexibility index (Phi) is 5.04. The van der Waals surface area contributed by atoms with E-state index in [4.69, 9.17) is 4.74 Å². The lowest BCUT2D eigenvalue weighted by Gasteiger charge is -2.15. The summed E-state index contributed by atoms with van der Waals surface area (Å²) in [6.45, 7) is 0. The summed E-state index contributed by atoms with van der Waals surface area (Å²) in [7, 11) is 1.48. The summed E-state index contributed by atoms with van der Waals surface area (Å²) < 4.78 is 19.7. The van der Waals surface area contributed by atoms with Gasteiger partial charge in [0.15, 0.2) is 5.78 Å². The minimum atomic E-state index is -0.672. The molecule has 2 aromatic carbocycles. The molecule has 0 bridgehead atoms. The Morgan fingerprint density at radius 2 is 1.95 bits per heavy atom. The molecule has 2 nitrogen and oxygen atoms in total. The molecule has 0 amide bonds. The van der Waals surface area contributed by atoms with Gasteiger partial charge in [-0.2, -0.15) is 0 Å². The number of carbonyl (C=O) groups is 1. The molecule has 0 fully saturated rings. The molecular weight excluding hydrogens is 323 g/mol. The van der Waals surface area contributed by atoms with Gasteiger partial charge in [-0.1, -0.05) is 46.3 Å². The largest absolute Gasteiger partial charge is 0.369 e. The van der Waals surface area contributed by atoms with Crippen molar-refractivity contribution in [1.29, 1.82) is 0 Å². The van der Waals surface area contributed by atoms with Crippen molar-refractivity contribution < 1.29 is 13.9 Å². The maximum absolute atomic E-state index is 13.7. The highest BCUT2D eigenvalue weighted by molar-refractivity contribution is 9.10. The van der Waals surface area contributed by atoms with Crippen LogP contribution in [0.3, 0.4) is 0 Å². The van der Waals surface area contributed by atoms with E-state index in [1.807, 2.05) is 30.3 Å². The fourth-order valence-corrected chi connectivity index (χ4v) is 2.45. The summed E-state index contributed by atoms with van der Waals surface area (Å²) in [4.78, 5) is 12.3. The van der Waals surface area contributed by atoms with E-state index in [1.54, 1.807) is 12.1 Å². The maximum Gasteiger partial charge on any atom is 0.170 e. The number of hydrogen-bond acceptors (Lipinski definition) is 2. The zero-order valence-corrected chi connectivity index (χ0v) is 12.6. The summed E-state index contributed by atoms with van der Waals surface area (Å²) in [5.74, 6) is -0.555. The van der Waals surface area contributed by atoms with Crippen LogP contribution in [-0.4, -0.2) is 12.9 Å². The van der Waals surface area contributed by atoms with Crippen molar-refractivity contribution in [2.24, 2.45) is 0 Å². The van der Waals surface area contributed by atoms with Crippen molar-refractivity contribution in [2.45, 2.75) is 12.5 Å². The van der Waals surface area contributed by atoms with E-state index in [0.29, 0.717) is 5.56 Å². The molecular formula is C16H14BrFO2. The molecule has 0 saturated carbocycles. The van der Waals surface area contributed by atoms with Gasteiger partial charge in [-0.05, 0) is 29.3 Å². The van der Waals surface area contributed by atoms with Gasteiger partial charge in [0.2, 0.25) is 0 Å². The highest BCUT2D eigenvalue weighted by Gasteiger charge is 2.21. The number of hydrogen-bond donors (Lipinski definition) is 0. The number of halogens is 2. The third-order valence-corrected chi connectivity index (χ3v) is 3.50. The van der Waals surface area contributed by atoms with Crippen LogP contribution in [0.1, 0.15) is 17.2 Å². The first kappa shape index (κ1) is 14.9. The van der Waals surface area contributed by atoms with Crippen LogP contribution in [0, 0.1) is 5.82 Å². The number of ether oxygens (including phenoxy) is 1. The molecule has 0 aliphatic heterocycles. The standard InChI is InChI=1S/C16H14BrFO2/c1-20-16(11-5-3-2-4-6-11)15(19)10-12-9-13(17)7-8-14(12)18/h2-9,16H,10H2,1H3. The molecule has 1 unspecified atom stereocenters. The van der Waals surface area contributed by atoms with Gasteiger partial charge in [-0.15, -0.1) is 0 Å². The number of ketones is 1. The molecule has 0 aromatic heterocycles. The predicted octanol–water partition coefficient (Wildman–Crippen LogP) is 4.09. The van der Waals surface area contributed by atoms with Gasteiger partial charge >= 0.3 is 0 Å². The number of rotatable bonds is 5. The Labute approximate surface area is 125 Å². The zero-order chi connectivity index (χ0) is 14.5. The fourth-order valence-electron chi connectivity index (χ4n) is 2.04. The SMILES string of the molecule is COC(C(=O)Cc1cc(Br)ccc1F)c1ccccc1. The first-order chi connectivity index (χ1) is 9.61. The third-order valence-electron chi connectivity index (χ3n) is 3.00. The number of Topliss-reactive ketones (excluding diaryl/α,β-unsaturated/α-hetero) is 1. The van der Waals surface area contributed by atoms with Crippen LogP contribution in [0.2, 0.25) is 0 Å². The molecule has 0 N–H and O–H groups in total. The average Bonchev–Trinajstić information content (AvgIpc) is 2.45. The molecule has 1 atom stereocenters. The quantitative estimate of drug-likeness (QED) is 0.822. The van der Waals surface area contributed by atoms with Crippen molar-refractivity contribution in [3.05, 3.63) is 69.9 Å². The van der Waals surface area contributed by atoms with Gasteiger partial charge in [0.25, 0.3) is 0 Å². The Hall–Kier alpha value is -1.52. The van der Waals surface area contributed by atoms with E-state index in [0.717, 1.165) is 10.0 Å². The zero-order valence-electron chi connectivity index (χ0n) is 11.0. The molecule has 20 heavy (non-hydrogen) atoms. The van der Waals surface area contributed by atoms with Crippen LogP contribution in [-0.2, 0) is 16.0 Å². The molecule has 4 heteroatoms. The summed E-state index contributed by atoms with van der Waals surface area (Å²) in [5, 5.41) is 0. The van der Waals surface area contributed by atoms with Crippen molar-refractivity contribution in [1.82, 2.24) is 0 Å². The summed E-state index contributed by atoms with van der Waals surface area (Å²) >= 11 is 3.28. The second-order valence-corrected chi connectivity index (χ2v) is 5.32.